The molecule has 0 aliphatic heterocycles. The molecule has 0 atom stereocenters. The third-order valence-corrected chi connectivity index (χ3v) is 7.01. The Morgan fingerprint density at radius 1 is 1.00 bits per heavy atom. The number of alkyl halides is 3. The average molecular weight is 623 g/mol. The second kappa shape index (κ2) is 11.9. The molecule has 2 aromatic carbocycles. The maximum Gasteiger partial charge on any atom is 0.405 e. The van der Waals surface area contributed by atoms with Crippen molar-refractivity contribution in [2.45, 2.75) is 32.5 Å². The van der Waals surface area contributed by atoms with E-state index in [0.717, 1.165) is 12.0 Å². The van der Waals surface area contributed by atoms with E-state index in [1.54, 1.807) is 32.0 Å². The molecule has 0 spiro atoms. The van der Waals surface area contributed by atoms with E-state index in [4.69, 9.17) is 13.7 Å². The highest BCUT2D eigenvalue weighted by Crippen LogP contribution is 2.39. The van der Waals surface area contributed by atoms with Crippen LogP contribution in [0.1, 0.15) is 46.0 Å². The number of ether oxygens (including phenoxy) is 1. The molecule has 5 aromatic rings. The fraction of sp³-hybridized carbons (Fsp3) is 0.258. The van der Waals surface area contributed by atoms with Crippen LogP contribution in [0.2, 0.25) is 0 Å². The number of aromatic nitrogens is 3. The van der Waals surface area contributed by atoms with Gasteiger partial charge in [-0.15, -0.1) is 0 Å². The van der Waals surface area contributed by atoms with Crippen molar-refractivity contribution in [1.29, 1.82) is 0 Å². The molecule has 3 heterocycles. The van der Waals surface area contributed by atoms with Gasteiger partial charge in [0.15, 0.2) is 5.82 Å². The molecule has 45 heavy (non-hydrogen) atoms. The number of hydrogen-bond acceptors (Lipinski definition) is 9. The molecule has 234 valence electrons. The molecule has 0 radical (unpaired) electrons. The van der Waals surface area contributed by atoms with E-state index in [2.05, 4.69) is 31.1 Å². The minimum Gasteiger partial charge on any atom is -0.496 e. The molecule has 0 aliphatic carbocycles. The molecular formula is C31H29F3N6O5. The number of rotatable bonds is 9. The SMILES string of the molecule is CNC(=O)c1c(-c2ccc(C)cc2)oc2nc(NCC(F)(F)F)c(-c3ccc(OC)c(C(=O)NC(C)(C)c4ncon4)c3)cc12. The van der Waals surface area contributed by atoms with Gasteiger partial charge in [-0.1, -0.05) is 41.1 Å². The average Bonchev–Trinajstić information content (AvgIpc) is 3.68. The first-order valence-corrected chi connectivity index (χ1v) is 13.7. The zero-order valence-electron chi connectivity index (χ0n) is 24.9. The number of benzene rings is 2. The summed E-state index contributed by atoms with van der Waals surface area (Å²) in [7, 11) is 2.84. The Balaban J connectivity index is 1.68. The minimum atomic E-state index is -4.57. The van der Waals surface area contributed by atoms with Crippen LogP contribution in [0.15, 0.2) is 63.9 Å². The highest BCUT2D eigenvalue weighted by atomic mass is 19.4. The number of amides is 2. The van der Waals surface area contributed by atoms with Gasteiger partial charge in [0.05, 0.1) is 29.2 Å². The molecule has 14 heteroatoms. The lowest BCUT2D eigenvalue weighted by atomic mass is 9.98. The number of nitrogens with one attached hydrogen (secondary N) is 3. The molecular weight excluding hydrogens is 593 g/mol. The van der Waals surface area contributed by atoms with Gasteiger partial charge in [0.2, 0.25) is 12.1 Å². The lowest BCUT2D eigenvalue weighted by Gasteiger charge is -2.23. The number of pyridine rings is 1. The second-order valence-corrected chi connectivity index (χ2v) is 10.7. The van der Waals surface area contributed by atoms with Gasteiger partial charge in [0.25, 0.3) is 11.8 Å². The van der Waals surface area contributed by atoms with Crippen LogP contribution >= 0.6 is 0 Å². The fourth-order valence-corrected chi connectivity index (χ4v) is 4.73. The molecule has 3 aromatic heterocycles. The summed E-state index contributed by atoms with van der Waals surface area (Å²) in [6.45, 7) is 3.86. The number of methoxy groups -OCH3 is 1. The van der Waals surface area contributed by atoms with Crippen LogP contribution in [0.3, 0.4) is 0 Å². The van der Waals surface area contributed by atoms with Gasteiger partial charge in [-0.05, 0) is 44.5 Å². The van der Waals surface area contributed by atoms with E-state index >= 15 is 0 Å². The van der Waals surface area contributed by atoms with E-state index < -0.39 is 30.1 Å². The van der Waals surface area contributed by atoms with Gasteiger partial charge in [-0.3, -0.25) is 9.59 Å². The number of hydrogen-bond donors (Lipinski definition) is 3. The molecule has 5 rings (SSSR count). The van der Waals surface area contributed by atoms with Crippen LogP contribution in [-0.4, -0.2) is 53.8 Å². The summed E-state index contributed by atoms with van der Waals surface area (Å²) in [5.74, 6) is -0.587. The molecule has 0 unspecified atom stereocenters. The summed E-state index contributed by atoms with van der Waals surface area (Å²) in [6, 6.07) is 13.3. The van der Waals surface area contributed by atoms with E-state index in [9.17, 15) is 22.8 Å². The van der Waals surface area contributed by atoms with Gasteiger partial charge < -0.3 is 29.6 Å². The first-order valence-electron chi connectivity index (χ1n) is 13.7. The first kappa shape index (κ1) is 31.0. The highest BCUT2D eigenvalue weighted by molar-refractivity contribution is 6.11. The number of carbonyl (C=O) groups is 2. The van der Waals surface area contributed by atoms with Crippen LogP contribution in [-0.2, 0) is 5.54 Å². The predicted molar refractivity (Wildman–Crippen MR) is 159 cm³/mol. The Morgan fingerprint density at radius 3 is 2.33 bits per heavy atom. The summed E-state index contributed by atoms with van der Waals surface area (Å²) in [5, 5.41) is 11.8. The number of furan rings is 1. The normalized spacial score (nSPS) is 11.8. The zero-order chi connectivity index (χ0) is 32.5. The smallest absolute Gasteiger partial charge is 0.405 e. The van der Waals surface area contributed by atoms with Crippen molar-refractivity contribution in [2.75, 3.05) is 26.0 Å². The van der Waals surface area contributed by atoms with E-state index in [0.29, 0.717) is 11.1 Å². The van der Waals surface area contributed by atoms with Crippen molar-refractivity contribution in [1.82, 2.24) is 25.8 Å². The maximum atomic E-state index is 13.5. The van der Waals surface area contributed by atoms with Crippen LogP contribution in [0.25, 0.3) is 33.6 Å². The van der Waals surface area contributed by atoms with E-state index in [-0.39, 0.29) is 50.9 Å². The fourth-order valence-electron chi connectivity index (χ4n) is 4.73. The number of anilines is 1. The highest BCUT2D eigenvalue weighted by Gasteiger charge is 2.31. The Kier molecular flexibility index (Phi) is 8.24. The number of nitrogens with zero attached hydrogens (tertiary/aromatic N) is 3. The second-order valence-electron chi connectivity index (χ2n) is 10.7. The molecule has 0 bridgehead atoms. The third-order valence-electron chi connectivity index (χ3n) is 7.01. The summed E-state index contributed by atoms with van der Waals surface area (Å²) >= 11 is 0. The number of carbonyl (C=O) groups excluding carboxylic acids is 2. The predicted octanol–water partition coefficient (Wildman–Crippen LogP) is 5.86. The maximum absolute atomic E-state index is 13.5. The molecule has 0 fully saturated rings. The van der Waals surface area contributed by atoms with E-state index in [1.165, 1.54) is 32.4 Å². The summed E-state index contributed by atoms with van der Waals surface area (Å²) < 4.78 is 56.3. The summed E-state index contributed by atoms with van der Waals surface area (Å²) in [4.78, 5) is 35.1. The van der Waals surface area contributed by atoms with Gasteiger partial charge >= 0.3 is 6.18 Å². The Labute approximate surface area is 255 Å². The molecule has 3 N–H and O–H groups in total. The van der Waals surface area contributed by atoms with E-state index in [1.807, 2.05) is 19.1 Å². The monoisotopic (exact) mass is 622 g/mol. The van der Waals surface area contributed by atoms with Crippen molar-refractivity contribution >= 4 is 28.7 Å². The lowest BCUT2D eigenvalue weighted by molar-refractivity contribution is -0.115. The number of halogens is 3. The van der Waals surface area contributed by atoms with Crippen molar-refractivity contribution in [3.63, 3.8) is 0 Å². The van der Waals surface area contributed by atoms with Crippen molar-refractivity contribution in [3.05, 3.63) is 77.4 Å². The van der Waals surface area contributed by atoms with Crippen molar-refractivity contribution in [2.24, 2.45) is 0 Å². The summed E-state index contributed by atoms with van der Waals surface area (Å²) in [5.41, 5.74) is 1.20. The van der Waals surface area contributed by atoms with Crippen LogP contribution in [0.4, 0.5) is 19.0 Å². The Morgan fingerprint density at radius 2 is 1.71 bits per heavy atom. The minimum absolute atomic E-state index is 0.0501. The van der Waals surface area contributed by atoms with Gasteiger partial charge in [-0.25, -0.2) is 0 Å². The Bertz CT molecular complexity index is 1870. The quantitative estimate of drug-likeness (QED) is 0.184. The molecule has 11 nitrogen and oxygen atoms in total. The van der Waals surface area contributed by atoms with Crippen LogP contribution in [0, 0.1) is 6.92 Å². The number of aryl methyl sites for hydroxylation is 1. The van der Waals surface area contributed by atoms with Crippen LogP contribution < -0.4 is 20.7 Å². The van der Waals surface area contributed by atoms with Gasteiger partial charge in [-0.2, -0.15) is 23.1 Å². The topological polar surface area (TPSA) is 144 Å². The molecule has 0 aliphatic rings. The Hall–Kier alpha value is -5.40. The standard InChI is InChI=1S/C31H29F3N6O5/c1-16-6-8-17(9-7-16)24-23(27(42)35-4)21-13-19(25(38-28(21)45-24)36-14-31(32,33)34)18-10-11-22(43-5)20(12-18)26(41)39-30(2,3)29-37-15-44-40-29/h6-13,15H,14H2,1-5H3,(H,35,42)(H,36,38)(H,39,41). The van der Waals surface area contributed by atoms with Gasteiger partial charge in [0.1, 0.15) is 23.9 Å². The van der Waals surface area contributed by atoms with Crippen LogP contribution in [0.5, 0.6) is 5.75 Å². The largest absolute Gasteiger partial charge is 0.496 e. The third kappa shape index (κ3) is 6.44. The lowest BCUT2D eigenvalue weighted by Crippen LogP contribution is -2.42. The zero-order valence-corrected chi connectivity index (χ0v) is 24.9. The summed E-state index contributed by atoms with van der Waals surface area (Å²) in [6.07, 6.45) is -3.43. The molecule has 2 amide bonds. The van der Waals surface area contributed by atoms with Gasteiger partial charge in [0, 0.05) is 18.2 Å². The number of fused-ring (bicyclic) bond motifs is 1. The molecule has 0 saturated carbocycles. The first-order chi connectivity index (χ1) is 21.3. The molecule has 0 saturated heterocycles. The van der Waals surface area contributed by atoms with Crippen molar-refractivity contribution in [3.8, 4) is 28.2 Å². The van der Waals surface area contributed by atoms with Crippen molar-refractivity contribution < 1.29 is 36.4 Å².